The van der Waals surface area contributed by atoms with Gasteiger partial charge in [0.25, 0.3) is 11.5 Å². The smallest absolute Gasteiger partial charge is 0.292 e. The Morgan fingerprint density at radius 3 is 2.47 bits per heavy atom. The summed E-state index contributed by atoms with van der Waals surface area (Å²) in [5.41, 5.74) is 4.74. The molecular formula is C26H22N4O4. The van der Waals surface area contributed by atoms with E-state index in [4.69, 9.17) is 9.47 Å². The number of hydrazone groups is 1. The van der Waals surface area contributed by atoms with Crippen LogP contribution in [0, 0.1) is 0 Å². The molecule has 4 aromatic rings. The lowest BCUT2D eigenvalue weighted by atomic mass is 10.1. The zero-order valence-corrected chi connectivity index (χ0v) is 18.5. The number of amides is 1. The van der Waals surface area contributed by atoms with E-state index in [1.165, 1.54) is 4.68 Å². The number of hydrogen-bond donors (Lipinski definition) is 1. The van der Waals surface area contributed by atoms with Gasteiger partial charge in [0.05, 0.1) is 17.6 Å². The standard InChI is InChI=1S/C26H22N4O4/c1-17(19-11-12-22-23(15-19)34-14-13-33-22)27-28-25(31)24-20-9-5-6-10-21(20)26(32)30(29-24)16-18-7-3-2-4-8-18/h2-12,15H,13-14,16H2,1H3,(H,28,31)/b27-17-. The van der Waals surface area contributed by atoms with E-state index in [1.807, 2.05) is 48.5 Å². The molecule has 0 saturated carbocycles. The summed E-state index contributed by atoms with van der Waals surface area (Å²) in [6.07, 6.45) is 0. The molecular weight excluding hydrogens is 432 g/mol. The van der Waals surface area contributed by atoms with Crippen molar-refractivity contribution in [2.24, 2.45) is 5.10 Å². The van der Waals surface area contributed by atoms with Gasteiger partial charge in [-0.3, -0.25) is 9.59 Å². The average molecular weight is 454 g/mol. The van der Waals surface area contributed by atoms with E-state index in [2.05, 4.69) is 15.6 Å². The summed E-state index contributed by atoms with van der Waals surface area (Å²) in [5, 5.41) is 9.54. The lowest BCUT2D eigenvalue weighted by Crippen LogP contribution is -2.29. The molecule has 8 nitrogen and oxygen atoms in total. The van der Waals surface area contributed by atoms with Crippen molar-refractivity contribution in [2.45, 2.75) is 13.5 Å². The minimum atomic E-state index is -0.505. The van der Waals surface area contributed by atoms with Gasteiger partial charge in [0, 0.05) is 10.9 Å². The van der Waals surface area contributed by atoms with E-state index in [-0.39, 0.29) is 17.8 Å². The monoisotopic (exact) mass is 454 g/mol. The first-order chi connectivity index (χ1) is 16.6. The number of nitrogens with one attached hydrogen (secondary N) is 1. The molecule has 34 heavy (non-hydrogen) atoms. The Kier molecular flexibility index (Phi) is 5.78. The predicted molar refractivity (Wildman–Crippen MR) is 129 cm³/mol. The van der Waals surface area contributed by atoms with Gasteiger partial charge in [0.2, 0.25) is 0 Å². The molecule has 1 N–H and O–H groups in total. The van der Waals surface area contributed by atoms with Gasteiger partial charge >= 0.3 is 0 Å². The van der Waals surface area contributed by atoms with Crippen molar-refractivity contribution in [3.63, 3.8) is 0 Å². The normalized spacial score (nSPS) is 13.0. The molecule has 0 unspecified atom stereocenters. The van der Waals surface area contributed by atoms with Gasteiger partial charge < -0.3 is 9.47 Å². The van der Waals surface area contributed by atoms with Gasteiger partial charge in [0.1, 0.15) is 13.2 Å². The van der Waals surface area contributed by atoms with Gasteiger partial charge in [-0.15, -0.1) is 0 Å². The van der Waals surface area contributed by atoms with E-state index in [0.29, 0.717) is 41.2 Å². The molecule has 1 aromatic heterocycles. The molecule has 1 aliphatic heterocycles. The summed E-state index contributed by atoms with van der Waals surface area (Å²) in [4.78, 5) is 26.1. The van der Waals surface area contributed by atoms with Gasteiger partial charge in [-0.05, 0) is 36.8 Å². The maximum absolute atomic E-state index is 13.1. The first-order valence-electron chi connectivity index (χ1n) is 10.9. The number of carbonyl (C=O) groups is 1. The Labute approximate surface area is 195 Å². The molecule has 170 valence electrons. The van der Waals surface area contributed by atoms with E-state index in [0.717, 1.165) is 11.1 Å². The van der Waals surface area contributed by atoms with Gasteiger partial charge in [-0.1, -0.05) is 48.5 Å². The van der Waals surface area contributed by atoms with Crippen LogP contribution in [0.4, 0.5) is 0 Å². The fourth-order valence-corrected chi connectivity index (χ4v) is 3.79. The van der Waals surface area contributed by atoms with Gasteiger partial charge in [-0.25, -0.2) is 10.1 Å². The highest BCUT2D eigenvalue weighted by atomic mass is 16.6. The molecule has 2 heterocycles. The first kappa shape index (κ1) is 21.4. The Hall–Kier alpha value is -4.46. The van der Waals surface area contributed by atoms with Crippen LogP contribution in [0.1, 0.15) is 28.5 Å². The van der Waals surface area contributed by atoms with Crippen LogP contribution in [-0.4, -0.2) is 34.6 Å². The molecule has 0 atom stereocenters. The van der Waals surface area contributed by atoms with E-state index in [1.54, 1.807) is 31.2 Å². The highest BCUT2D eigenvalue weighted by Crippen LogP contribution is 2.30. The number of aromatic nitrogens is 2. The maximum atomic E-state index is 13.1. The second-order valence-electron chi connectivity index (χ2n) is 7.84. The summed E-state index contributed by atoms with van der Waals surface area (Å²) >= 11 is 0. The van der Waals surface area contributed by atoms with E-state index < -0.39 is 5.91 Å². The van der Waals surface area contributed by atoms with E-state index >= 15 is 0 Å². The SMILES string of the molecule is C/C(=N/NC(=O)c1nn(Cc2ccccc2)c(=O)c2ccccc12)c1ccc2c(c1)OCCO2. The maximum Gasteiger partial charge on any atom is 0.292 e. The Balaban J connectivity index is 1.45. The van der Waals surface area contributed by atoms with Crippen molar-refractivity contribution in [1.29, 1.82) is 0 Å². The molecule has 1 amide bonds. The van der Waals surface area contributed by atoms with Gasteiger partial charge in [0.15, 0.2) is 17.2 Å². The molecule has 5 rings (SSSR count). The van der Waals surface area contributed by atoms with Crippen molar-refractivity contribution in [1.82, 2.24) is 15.2 Å². The molecule has 0 spiro atoms. The number of ether oxygens (including phenoxy) is 2. The van der Waals surface area contributed by atoms with Crippen molar-refractivity contribution in [3.8, 4) is 11.5 Å². The first-order valence-corrected chi connectivity index (χ1v) is 10.9. The minimum absolute atomic E-state index is 0.129. The third kappa shape index (κ3) is 4.25. The molecule has 0 fully saturated rings. The van der Waals surface area contributed by atoms with Crippen LogP contribution in [0.3, 0.4) is 0 Å². The van der Waals surface area contributed by atoms with Crippen LogP contribution < -0.4 is 20.5 Å². The second-order valence-corrected chi connectivity index (χ2v) is 7.84. The van der Waals surface area contributed by atoms with Gasteiger partial charge in [-0.2, -0.15) is 10.2 Å². The zero-order chi connectivity index (χ0) is 23.5. The largest absolute Gasteiger partial charge is 0.486 e. The summed E-state index contributed by atoms with van der Waals surface area (Å²) in [5.74, 6) is 0.823. The minimum Gasteiger partial charge on any atom is -0.486 e. The van der Waals surface area contributed by atoms with Crippen LogP contribution in [0.5, 0.6) is 11.5 Å². The van der Waals surface area contributed by atoms with Crippen molar-refractivity contribution >= 4 is 22.4 Å². The third-order valence-electron chi connectivity index (χ3n) is 5.54. The highest BCUT2D eigenvalue weighted by Gasteiger charge is 2.17. The summed E-state index contributed by atoms with van der Waals surface area (Å²) < 4.78 is 12.5. The highest BCUT2D eigenvalue weighted by molar-refractivity contribution is 6.06. The summed E-state index contributed by atoms with van der Waals surface area (Å²) in [6, 6.07) is 21.9. The van der Waals surface area contributed by atoms with Crippen LogP contribution in [-0.2, 0) is 6.54 Å². The third-order valence-corrected chi connectivity index (χ3v) is 5.54. The molecule has 0 bridgehead atoms. The van der Waals surface area contributed by atoms with Crippen LogP contribution in [0.25, 0.3) is 10.8 Å². The average Bonchev–Trinajstić information content (AvgIpc) is 2.89. The Morgan fingerprint density at radius 2 is 1.68 bits per heavy atom. The lowest BCUT2D eigenvalue weighted by molar-refractivity contribution is 0.0949. The molecule has 8 heteroatoms. The molecule has 0 aliphatic carbocycles. The van der Waals surface area contributed by atoms with Crippen molar-refractivity contribution in [2.75, 3.05) is 13.2 Å². The van der Waals surface area contributed by atoms with Crippen molar-refractivity contribution in [3.05, 3.63) is 100.0 Å². The lowest BCUT2D eigenvalue weighted by Gasteiger charge is -2.18. The second kappa shape index (κ2) is 9.19. The number of hydrogen-bond acceptors (Lipinski definition) is 6. The van der Waals surface area contributed by atoms with Crippen LogP contribution in [0.2, 0.25) is 0 Å². The van der Waals surface area contributed by atoms with Crippen LogP contribution >= 0.6 is 0 Å². The fraction of sp³-hybridized carbons (Fsp3) is 0.154. The summed E-state index contributed by atoms with van der Waals surface area (Å²) in [6.45, 7) is 3.04. The Morgan fingerprint density at radius 1 is 0.971 bits per heavy atom. The number of nitrogens with zero attached hydrogens (tertiary/aromatic N) is 3. The number of benzene rings is 3. The number of rotatable bonds is 5. The quantitative estimate of drug-likeness (QED) is 0.369. The molecule has 3 aromatic carbocycles. The van der Waals surface area contributed by atoms with E-state index in [9.17, 15) is 9.59 Å². The zero-order valence-electron chi connectivity index (χ0n) is 18.5. The van der Waals surface area contributed by atoms with Crippen LogP contribution in [0.15, 0.2) is 82.7 Å². The summed E-state index contributed by atoms with van der Waals surface area (Å²) in [7, 11) is 0. The number of fused-ring (bicyclic) bond motifs is 2. The molecule has 1 aliphatic rings. The Bertz CT molecular complexity index is 1460. The molecule has 0 saturated heterocycles. The topological polar surface area (TPSA) is 94.8 Å². The fourth-order valence-electron chi connectivity index (χ4n) is 3.79. The predicted octanol–water partition coefficient (Wildman–Crippen LogP) is 3.37. The van der Waals surface area contributed by atoms with Crippen molar-refractivity contribution < 1.29 is 14.3 Å². The number of carbonyl (C=O) groups excluding carboxylic acids is 1. The molecule has 0 radical (unpaired) electrons.